The van der Waals surface area contributed by atoms with Gasteiger partial charge in [0.2, 0.25) is 0 Å². The van der Waals surface area contributed by atoms with Crippen molar-refractivity contribution in [2.45, 2.75) is 26.8 Å². The Morgan fingerprint density at radius 2 is 2.12 bits per heavy atom. The lowest BCUT2D eigenvalue weighted by molar-refractivity contribution is 0.621. The molecule has 0 unspecified atom stereocenters. The molecule has 0 fully saturated rings. The molecule has 0 atom stereocenters. The molecule has 0 saturated heterocycles. The Morgan fingerprint density at radius 1 is 1.50 bits per heavy atom. The number of anilines is 1. The van der Waals surface area contributed by atoms with Gasteiger partial charge in [-0.2, -0.15) is 0 Å². The van der Waals surface area contributed by atoms with Gasteiger partial charge >= 0.3 is 0 Å². The van der Waals surface area contributed by atoms with Crippen molar-refractivity contribution in [2.75, 3.05) is 11.4 Å². The molecule has 2 N–H and O–H groups in total. The Labute approximate surface area is 101 Å². The minimum atomic E-state index is -0.357. The first-order valence-corrected chi connectivity index (χ1v) is 5.74. The van der Waals surface area contributed by atoms with Crippen LogP contribution in [0.3, 0.4) is 0 Å². The topological polar surface area (TPSA) is 29.3 Å². The second-order valence-corrected chi connectivity index (χ2v) is 4.35. The molecule has 88 valence electrons. The van der Waals surface area contributed by atoms with Crippen molar-refractivity contribution in [3.63, 3.8) is 0 Å². The summed E-state index contributed by atoms with van der Waals surface area (Å²) in [5.41, 5.74) is 6.57. The van der Waals surface area contributed by atoms with E-state index in [2.05, 4.69) is 18.7 Å². The predicted molar refractivity (Wildman–Crippen MR) is 70.4 cm³/mol. The third kappa shape index (κ3) is 2.70. The van der Waals surface area contributed by atoms with Crippen LogP contribution in [0.2, 0.25) is 0 Å². The van der Waals surface area contributed by atoms with E-state index >= 15 is 0 Å². The quantitative estimate of drug-likeness (QED) is 0.820. The third-order valence-electron chi connectivity index (χ3n) is 2.51. The minimum absolute atomic E-state index is 0.0941. The van der Waals surface area contributed by atoms with Gasteiger partial charge in [-0.1, -0.05) is 12.2 Å². The minimum Gasteiger partial charge on any atom is -0.389 e. The number of nitrogens with zero attached hydrogens (tertiary/aromatic N) is 1. The molecule has 2 nitrogen and oxygen atoms in total. The molecule has 1 aromatic rings. The molecule has 0 aromatic heterocycles. The summed E-state index contributed by atoms with van der Waals surface area (Å²) in [6.45, 7) is 7.02. The molecule has 0 aliphatic heterocycles. The van der Waals surface area contributed by atoms with Crippen LogP contribution in [0.5, 0.6) is 0 Å². The van der Waals surface area contributed by atoms with E-state index in [4.69, 9.17) is 18.0 Å². The van der Waals surface area contributed by atoms with Gasteiger partial charge in [0.1, 0.15) is 10.8 Å². The van der Waals surface area contributed by atoms with Crippen LogP contribution in [0.4, 0.5) is 10.1 Å². The van der Waals surface area contributed by atoms with Crippen LogP contribution in [0, 0.1) is 5.82 Å². The van der Waals surface area contributed by atoms with Gasteiger partial charge in [0.25, 0.3) is 0 Å². The zero-order chi connectivity index (χ0) is 12.3. The Kier molecular flexibility index (Phi) is 4.24. The van der Waals surface area contributed by atoms with Crippen molar-refractivity contribution in [2.24, 2.45) is 5.73 Å². The van der Waals surface area contributed by atoms with Crippen LogP contribution in [0.25, 0.3) is 0 Å². The summed E-state index contributed by atoms with van der Waals surface area (Å²) in [5.74, 6) is -0.357. The second-order valence-electron chi connectivity index (χ2n) is 3.91. The van der Waals surface area contributed by atoms with Gasteiger partial charge < -0.3 is 10.6 Å². The lowest BCUT2D eigenvalue weighted by Crippen LogP contribution is -2.30. The molecular formula is C12H17FN2S. The number of rotatable bonds is 4. The van der Waals surface area contributed by atoms with E-state index in [1.54, 1.807) is 6.07 Å². The summed E-state index contributed by atoms with van der Waals surface area (Å²) in [5, 5.41) is 0. The SMILES string of the molecule is CCN(c1ccc(C(N)=S)c(F)c1)C(C)C. The summed E-state index contributed by atoms with van der Waals surface area (Å²) in [6.07, 6.45) is 0. The highest BCUT2D eigenvalue weighted by Gasteiger charge is 2.11. The monoisotopic (exact) mass is 240 g/mol. The standard InChI is InChI=1S/C12H17FN2S/c1-4-15(8(2)3)9-5-6-10(12(14)16)11(13)7-9/h5-8H,4H2,1-3H3,(H2,14,16). The molecule has 0 spiro atoms. The van der Waals surface area contributed by atoms with E-state index < -0.39 is 0 Å². The molecule has 0 saturated carbocycles. The van der Waals surface area contributed by atoms with Crippen molar-refractivity contribution < 1.29 is 4.39 Å². The summed E-state index contributed by atoms with van der Waals surface area (Å²) in [6, 6.07) is 5.30. The zero-order valence-electron chi connectivity index (χ0n) is 9.83. The maximum Gasteiger partial charge on any atom is 0.135 e. The molecule has 1 aromatic carbocycles. The Balaban J connectivity index is 3.09. The Bertz CT molecular complexity index is 391. The van der Waals surface area contributed by atoms with Crippen molar-refractivity contribution >= 4 is 22.9 Å². The van der Waals surface area contributed by atoms with E-state index in [0.717, 1.165) is 12.2 Å². The van der Waals surface area contributed by atoms with Crippen molar-refractivity contribution in [1.82, 2.24) is 0 Å². The van der Waals surface area contributed by atoms with Crippen LogP contribution >= 0.6 is 12.2 Å². The summed E-state index contributed by atoms with van der Waals surface area (Å²) in [4.78, 5) is 2.20. The van der Waals surface area contributed by atoms with Gasteiger partial charge in [-0.15, -0.1) is 0 Å². The van der Waals surface area contributed by atoms with Crippen LogP contribution in [-0.2, 0) is 0 Å². The summed E-state index contributed by atoms with van der Waals surface area (Å²) in [7, 11) is 0. The van der Waals surface area contributed by atoms with Gasteiger partial charge in [0.05, 0.1) is 0 Å². The number of hydrogen-bond donors (Lipinski definition) is 1. The van der Waals surface area contributed by atoms with Gasteiger partial charge in [0.15, 0.2) is 0 Å². The molecule has 0 amide bonds. The summed E-state index contributed by atoms with van der Waals surface area (Å²) >= 11 is 4.76. The van der Waals surface area contributed by atoms with E-state index in [0.29, 0.717) is 11.6 Å². The number of benzene rings is 1. The maximum absolute atomic E-state index is 13.7. The Morgan fingerprint density at radius 3 is 2.50 bits per heavy atom. The molecule has 4 heteroatoms. The fraction of sp³-hybridized carbons (Fsp3) is 0.417. The predicted octanol–water partition coefficient (Wildman–Crippen LogP) is 2.69. The fourth-order valence-corrected chi connectivity index (χ4v) is 1.89. The molecule has 1 rings (SSSR count). The summed E-state index contributed by atoms with van der Waals surface area (Å²) < 4.78 is 13.7. The molecule has 0 aliphatic carbocycles. The molecular weight excluding hydrogens is 223 g/mol. The first-order valence-electron chi connectivity index (χ1n) is 5.33. The van der Waals surface area contributed by atoms with E-state index in [1.165, 1.54) is 6.07 Å². The number of hydrogen-bond acceptors (Lipinski definition) is 2. The highest BCUT2D eigenvalue weighted by Crippen LogP contribution is 2.20. The molecule has 0 heterocycles. The fourth-order valence-electron chi connectivity index (χ4n) is 1.73. The Hall–Kier alpha value is -1.16. The van der Waals surface area contributed by atoms with Crippen LogP contribution < -0.4 is 10.6 Å². The average molecular weight is 240 g/mol. The van der Waals surface area contributed by atoms with E-state index in [-0.39, 0.29) is 10.8 Å². The van der Waals surface area contributed by atoms with Crippen molar-refractivity contribution in [3.8, 4) is 0 Å². The first-order chi connectivity index (χ1) is 7.47. The lowest BCUT2D eigenvalue weighted by atomic mass is 10.1. The van der Waals surface area contributed by atoms with Crippen molar-refractivity contribution in [1.29, 1.82) is 0 Å². The number of nitrogens with two attached hydrogens (primary N) is 1. The van der Waals surface area contributed by atoms with Gasteiger partial charge in [-0.05, 0) is 39.0 Å². The molecule has 0 bridgehead atoms. The van der Waals surface area contributed by atoms with Gasteiger partial charge in [-0.25, -0.2) is 4.39 Å². The molecule has 0 radical (unpaired) electrons. The van der Waals surface area contributed by atoms with Gasteiger partial charge in [-0.3, -0.25) is 0 Å². The third-order valence-corrected chi connectivity index (χ3v) is 2.73. The second kappa shape index (κ2) is 5.25. The smallest absolute Gasteiger partial charge is 0.135 e. The largest absolute Gasteiger partial charge is 0.389 e. The first kappa shape index (κ1) is 12.9. The molecule has 16 heavy (non-hydrogen) atoms. The number of halogens is 1. The number of thiocarbonyl (C=S) groups is 1. The highest BCUT2D eigenvalue weighted by molar-refractivity contribution is 7.80. The van der Waals surface area contributed by atoms with Crippen LogP contribution in [0.1, 0.15) is 26.3 Å². The highest BCUT2D eigenvalue weighted by atomic mass is 32.1. The molecule has 0 aliphatic rings. The average Bonchev–Trinajstić information content (AvgIpc) is 2.17. The van der Waals surface area contributed by atoms with E-state index in [1.807, 2.05) is 13.0 Å². The zero-order valence-corrected chi connectivity index (χ0v) is 10.6. The van der Waals surface area contributed by atoms with Gasteiger partial charge in [0, 0.05) is 23.8 Å². The normalized spacial score (nSPS) is 10.6. The van der Waals surface area contributed by atoms with E-state index in [9.17, 15) is 4.39 Å². The van der Waals surface area contributed by atoms with Crippen molar-refractivity contribution in [3.05, 3.63) is 29.6 Å². The van der Waals surface area contributed by atoms with Crippen LogP contribution in [-0.4, -0.2) is 17.6 Å². The van der Waals surface area contributed by atoms with Crippen LogP contribution in [0.15, 0.2) is 18.2 Å². The lowest BCUT2D eigenvalue weighted by Gasteiger charge is -2.27. The maximum atomic E-state index is 13.7.